The van der Waals surface area contributed by atoms with E-state index >= 15 is 0 Å². The summed E-state index contributed by atoms with van der Waals surface area (Å²) < 4.78 is 38.0. The molecule has 0 spiro atoms. The number of nitrogens with one attached hydrogen (secondary N) is 1. The van der Waals surface area contributed by atoms with Gasteiger partial charge in [-0.2, -0.15) is 13.2 Å². The number of anilines is 2. The Morgan fingerprint density at radius 2 is 2.00 bits per heavy atom. The predicted octanol–water partition coefficient (Wildman–Crippen LogP) is 1.36. The van der Waals surface area contributed by atoms with Crippen molar-refractivity contribution in [3.8, 4) is 0 Å². The zero-order valence-electron chi connectivity index (χ0n) is 12.6. The summed E-state index contributed by atoms with van der Waals surface area (Å²) in [6, 6.07) is 2.81. The Kier molecular flexibility index (Phi) is 4.93. The zero-order chi connectivity index (χ0) is 17.2. The summed E-state index contributed by atoms with van der Waals surface area (Å²) >= 11 is 0. The van der Waals surface area contributed by atoms with Crippen molar-refractivity contribution in [2.24, 2.45) is 11.8 Å². The van der Waals surface area contributed by atoms with Gasteiger partial charge in [-0.15, -0.1) is 0 Å². The van der Waals surface area contributed by atoms with Crippen LogP contribution in [-0.4, -0.2) is 18.9 Å². The summed E-state index contributed by atoms with van der Waals surface area (Å²) in [6.45, 7) is 0. The highest BCUT2D eigenvalue weighted by Gasteiger charge is 2.37. The molecule has 5 N–H and O–H groups in total. The van der Waals surface area contributed by atoms with Gasteiger partial charge in [-0.25, -0.2) is 4.79 Å². The van der Waals surface area contributed by atoms with E-state index in [4.69, 9.17) is 5.73 Å². The lowest BCUT2D eigenvalue weighted by Gasteiger charge is -2.31. The molecule has 1 fully saturated rings. The van der Waals surface area contributed by atoms with Crippen molar-refractivity contribution >= 4 is 23.2 Å². The first-order valence-corrected chi connectivity index (χ1v) is 7.30. The normalized spacial score (nSPS) is 20.7. The van der Waals surface area contributed by atoms with Gasteiger partial charge in [0.05, 0.1) is 29.9 Å². The second kappa shape index (κ2) is 6.57. The van der Waals surface area contributed by atoms with Crippen molar-refractivity contribution in [1.29, 1.82) is 0 Å². The first-order valence-electron chi connectivity index (χ1n) is 7.30. The Bertz CT molecular complexity index is 610. The Labute approximate surface area is 131 Å². The van der Waals surface area contributed by atoms with Gasteiger partial charge in [0.1, 0.15) is 0 Å². The van der Waals surface area contributed by atoms with Crippen LogP contribution in [0.4, 0.5) is 24.5 Å². The van der Waals surface area contributed by atoms with Gasteiger partial charge in [-0.3, -0.25) is 10.1 Å². The van der Waals surface area contributed by atoms with E-state index < -0.39 is 17.6 Å². The quantitative estimate of drug-likeness (QED) is 0.728. The lowest BCUT2D eigenvalue weighted by molar-refractivity contribution is -0.543. The smallest absolute Gasteiger partial charge is 0.397 e. The van der Waals surface area contributed by atoms with Crippen molar-refractivity contribution in [3.05, 3.63) is 23.8 Å². The molecular weight excluding hydrogens is 311 g/mol. The average molecular weight is 330 g/mol. The standard InChI is InChI=1S/C15H18F3N3O2/c1-20-14(23)9-4-8(5-9)6-13(22)21-12-7-10(15(16,17)18)2-3-11(12)19/h2-3,7-9H,4-6,19H2,1H3,(H,20,23)(H,21,22)/p+1. The van der Waals surface area contributed by atoms with Crippen molar-refractivity contribution in [1.82, 2.24) is 0 Å². The number of hydrogen-bond donors (Lipinski definition) is 3. The van der Waals surface area contributed by atoms with E-state index in [0.29, 0.717) is 12.8 Å². The fourth-order valence-electron chi connectivity index (χ4n) is 2.67. The molecule has 0 unspecified atom stereocenters. The van der Waals surface area contributed by atoms with Gasteiger partial charge in [0.15, 0.2) is 0 Å². The molecule has 1 aromatic rings. The number of rotatable bonds is 4. The SMILES string of the molecule is C[NH2+]C(=O)C1CC(CC(=O)Nc2cc(C(F)(F)F)ccc2N)C1. The molecule has 1 aliphatic carbocycles. The fourth-order valence-corrected chi connectivity index (χ4v) is 2.67. The van der Waals surface area contributed by atoms with Crippen LogP contribution >= 0.6 is 0 Å². The Morgan fingerprint density at radius 1 is 1.35 bits per heavy atom. The number of alkyl halides is 3. The van der Waals surface area contributed by atoms with Crippen molar-refractivity contribution < 1.29 is 28.1 Å². The monoisotopic (exact) mass is 330 g/mol. The highest BCUT2D eigenvalue weighted by Crippen LogP contribution is 2.36. The van der Waals surface area contributed by atoms with Crippen LogP contribution in [-0.2, 0) is 15.8 Å². The Morgan fingerprint density at radius 3 is 2.57 bits per heavy atom. The molecule has 2 rings (SSSR count). The lowest BCUT2D eigenvalue weighted by atomic mass is 9.72. The number of primary amides is 1. The molecule has 0 radical (unpaired) electrons. The summed E-state index contributed by atoms with van der Waals surface area (Å²) in [5.41, 5.74) is 4.78. The van der Waals surface area contributed by atoms with E-state index in [2.05, 4.69) is 5.32 Å². The number of carbonyl (C=O) groups excluding carboxylic acids is 2. The predicted molar refractivity (Wildman–Crippen MR) is 78.2 cm³/mol. The number of carbonyl (C=O) groups is 2. The maximum absolute atomic E-state index is 12.7. The molecule has 0 aromatic heterocycles. The highest BCUT2D eigenvalue weighted by atomic mass is 19.4. The van der Waals surface area contributed by atoms with E-state index in [1.54, 1.807) is 7.05 Å². The van der Waals surface area contributed by atoms with E-state index in [-0.39, 0.29) is 35.5 Å². The second-order valence-corrected chi connectivity index (χ2v) is 5.78. The van der Waals surface area contributed by atoms with Crippen molar-refractivity contribution in [2.45, 2.75) is 25.4 Å². The molecule has 0 heterocycles. The van der Waals surface area contributed by atoms with E-state index in [1.807, 2.05) is 0 Å². The first-order chi connectivity index (χ1) is 10.7. The highest BCUT2D eigenvalue weighted by molar-refractivity contribution is 5.94. The molecule has 0 atom stereocenters. The zero-order valence-corrected chi connectivity index (χ0v) is 12.6. The molecule has 0 saturated heterocycles. The first kappa shape index (κ1) is 17.3. The fraction of sp³-hybridized carbons (Fsp3) is 0.467. The number of benzene rings is 1. The van der Waals surface area contributed by atoms with E-state index in [9.17, 15) is 22.8 Å². The molecule has 8 heteroatoms. The third kappa shape index (κ3) is 4.22. The largest absolute Gasteiger partial charge is 0.416 e. The average Bonchev–Trinajstić information content (AvgIpc) is 2.42. The van der Waals surface area contributed by atoms with Gasteiger partial charge in [0.25, 0.3) is 0 Å². The molecule has 1 saturated carbocycles. The number of hydrogen-bond acceptors (Lipinski definition) is 3. The van der Waals surface area contributed by atoms with Gasteiger partial charge in [-0.05, 0) is 37.0 Å². The second-order valence-electron chi connectivity index (χ2n) is 5.78. The Balaban J connectivity index is 1.92. The Hall–Kier alpha value is -2.09. The molecule has 1 aromatic carbocycles. The molecule has 1 aliphatic rings. The minimum Gasteiger partial charge on any atom is -0.397 e. The third-order valence-electron chi connectivity index (χ3n) is 4.05. The molecule has 2 amide bonds. The van der Waals surface area contributed by atoms with Crippen LogP contribution in [0.2, 0.25) is 0 Å². The number of halogens is 3. The number of quaternary nitrogens is 1. The van der Waals surface area contributed by atoms with Crippen LogP contribution in [0.25, 0.3) is 0 Å². The van der Waals surface area contributed by atoms with E-state index in [0.717, 1.165) is 18.2 Å². The lowest BCUT2D eigenvalue weighted by Crippen LogP contribution is -2.86. The van der Waals surface area contributed by atoms with Gasteiger partial charge in [0.2, 0.25) is 5.91 Å². The third-order valence-corrected chi connectivity index (χ3v) is 4.05. The maximum atomic E-state index is 12.7. The summed E-state index contributed by atoms with van der Waals surface area (Å²) in [5, 5.41) is 3.94. The minimum atomic E-state index is -4.49. The van der Waals surface area contributed by atoms with Gasteiger partial charge in [-0.1, -0.05) is 0 Å². The molecule has 0 bridgehead atoms. The van der Waals surface area contributed by atoms with Gasteiger partial charge < -0.3 is 11.1 Å². The van der Waals surface area contributed by atoms with Crippen molar-refractivity contribution in [2.75, 3.05) is 18.1 Å². The van der Waals surface area contributed by atoms with Crippen LogP contribution in [0.5, 0.6) is 0 Å². The van der Waals surface area contributed by atoms with Crippen molar-refractivity contribution in [3.63, 3.8) is 0 Å². The molecular formula is C15H19F3N3O2+. The maximum Gasteiger partial charge on any atom is 0.416 e. The van der Waals surface area contributed by atoms with Crippen LogP contribution < -0.4 is 16.4 Å². The number of nitrogens with two attached hydrogens (primary N) is 2. The number of amides is 2. The minimum absolute atomic E-state index is 0.0311. The van der Waals surface area contributed by atoms with Crippen LogP contribution in [0.1, 0.15) is 24.8 Å². The topological polar surface area (TPSA) is 88.8 Å². The van der Waals surface area contributed by atoms with Gasteiger partial charge in [0, 0.05) is 6.42 Å². The van der Waals surface area contributed by atoms with E-state index in [1.165, 1.54) is 5.32 Å². The summed E-state index contributed by atoms with van der Waals surface area (Å²) in [5.74, 6) is -0.275. The van der Waals surface area contributed by atoms with Crippen LogP contribution in [0, 0.1) is 11.8 Å². The molecule has 126 valence electrons. The molecule has 5 nitrogen and oxygen atoms in total. The molecule has 23 heavy (non-hydrogen) atoms. The summed E-state index contributed by atoms with van der Waals surface area (Å²) in [4.78, 5) is 23.3. The number of nitrogen functional groups attached to an aromatic ring is 1. The summed E-state index contributed by atoms with van der Waals surface area (Å²) in [7, 11) is 1.68. The summed E-state index contributed by atoms with van der Waals surface area (Å²) in [6.07, 6.45) is -3.06. The van der Waals surface area contributed by atoms with Crippen LogP contribution in [0.15, 0.2) is 18.2 Å². The van der Waals surface area contributed by atoms with Crippen LogP contribution in [0.3, 0.4) is 0 Å². The molecule has 0 aliphatic heterocycles. The van der Waals surface area contributed by atoms with Gasteiger partial charge >= 0.3 is 12.1 Å².